The highest BCUT2D eigenvalue weighted by molar-refractivity contribution is 9.09. The summed E-state index contributed by atoms with van der Waals surface area (Å²) in [5.74, 6) is 0.776. The molecule has 1 aromatic rings. The van der Waals surface area contributed by atoms with E-state index in [9.17, 15) is 0 Å². The molecular formula is C13H16BrClO. The van der Waals surface area contributed by atoms with Crippen LogP contribution in [0.25, 0.3) is 0 Å². The van der Waals surface area contributed by atoms with E-state index in [1.807, 2.05) is 6.07 Å². The Hall–Kier alpha value is -0.210. The fourth-order valence-corrected chi connectivity index (χ4v) is 3.60. The highest BCUT2D eigenvalue weighted by atomic mass is 79.9. The molecule has 0 N–H and O–H groups in total. The first-order valence-corrected chi connectivity index (χ1v) is 6.82. The summed E-state index contributed by atoms with van der Waals surface area (Å²) in [5, 5.41) is 0.684. The van der Waals surface area contributed by atoms with E-state index >= 15 is 0 Å². The lowest BCUT2D eigenvalue weighted by Gasteiger charge is -2.25. The molecule has 2 rings (SSSR count). The number of rotatable bonds is 2. The lowest BCUT2D eigenvalue weighted by molar-refractivity contribution is 0.411. The fourth-order valence-electron chi connectivity index (χ4n) is 2.47. The first-order valence-electron chi connectivity index (χ1n) is 5.53. The van der Waals surface area contributed by atoms with Crippen molar-refractivity contribution in [1.29, 1.82) is 0 Å². The minimum absolute atomic E-state index is 0.256. The molecule has 3 heteroatoms. The van der Waals surface area contributed by atoms with E-state index in [4.69, 9.17) is 16.3 Å². The molecule has 0 spiro atoms. The lowest BCUT2D eigenvalue weighted by atomic mass is 9.81. The van der Waals surface area contributed by atoms with Crippen LogP contribution in [0.15, 0.2) is 18.2 Å². The van der Waals surface area contributed by atoms with Gasteiger partial charge in [0.2, 0.25) is 0 Å². The monoisotopic (exact) mass is 302 g/mol. The quantitative estimate of drug-likeness (QED) is 0.728. The van der Waals surface area contributed by atoms with Crippen molar-refractivity contribution in [1.82, 2.24) is 0 Å². The summed E-state index contributed by atoms with van der Waals surface area (Å²) in [7, 11) is 1.66. The van der Waals surface area contributed by atoms with Gasteiger partial charge >= 0.3 is 0 Å². The lowest BCUT2D eigenvalue weighted by Crippen LogP contribution is -2.17. The highest BCUT2D eigenvalue weighted by Gasteiger charge is 2.35. The van der Waals surface area contributed by atoms with Gasteiger partial charge in [-0.15, -0.1) is 0 Å². The van der Waals surface area contributed by atoms with Crippen LogP contribution >= 0.6 is 27.5 Å². The van der Waals surface area contributed by atoms with E-state index < -0.39 is 0 Å². The van der Waals surface area contributed by atoms with Gasteiger partial charge in [0.05, 0.1) is 12.1 Å². The Labute approximate surface area is 110 Å². The van der Waals surface area contributed by atoms with Crippen LogP contribution in [0.1, 0.15) is 31.7 Å². The summed E-state index contributed by atoms with van der Waals surface area (Å²) in [4.78, 5) is 0.638. The third-order valence-corrected chi connectivity index (χ3v) is 4.62. The molecule has 1 saturated carbocycles. The van der Waals surface area contributed by atoms with E-state index in [1.165, 1.54) is 24.8 Å². The van der Waals surface area contributed by atoms with Crippen LogP contribution in [0, 0.1) is 0 Å². The molecule has 0 aromatic heterocycles. The maximum Gasteiger partial charge on any atom is 0.137 e. The van der Waals surface area contributed by atoms with E-state index in [0.29, 0.717) is 9.85 Å². The minimum atomic E-state index is 0.256. The molecule has 88 valence electrons. The zero-order valence-corrected chi connectivity index (χ0v) is 11.9. The Morgan fingerprint density at radius 2 is 2.25 bits per heavy atom. The number of halogens is 2. The molecule has 0 bridgehead atoms. The fraction of sp³-hybridized carbons (Fsp3) is 0.538. The molecule has 1 aromatic carbocycles. The zero-order valence-electron chi connectivity index (χ0n) is 9.59. The van der Waals surface area contributed by atoms with Crippen molar-refractivity contribution in [3.8, 4) is 5.75 Å². The number of hydrogen-bond acceptors (Lipinski definition) is 1. The summed E-state index contributed by atoms with van der Waals surface area (Å²) < 4.78 is 5.27. The summed E-state index contributed by atoms with van der Waals surface area (Å²) in [6.45, 7) is 2.32. The number of methoxy groups -OCH3 is 1. The molecule has 16 heavy (non-hydrogen) atoms. The summed E-state index contributed by atoms with van der Waals surface area (Å²) in [6, 6.07) is 6.13. The second kappa shape index (κ2) is 4.58. The molecule has 1 aliphatic rings. The van der Waals surface area contributed by atoms with Crippen molar-refractivity contribution in [3.63, 3.8) is 0 Å². The van der Waals surface area contributed by atoms with Crippen molar-refractivity contribution in [2.75, 3.05) is 7.11 Å². The van der Waals surface area contributed by atoms with E-state index in [2.05, 4.69) is 35.0 Å². The Bertz CT molecular complexity index is 394. The van der Waals surface area contributed by atoms with Gasteiger partial charge in [-0.1, -0.05) is 40.5 Å². The van der Waals surface area contributed by atoms with Gasteiger partial charge in [-0.25, -0.2) is 0 Å². The standard InChI is InChI=1S/C13H16BrClO/c1-13(6-5-10(14)8-13)9-3-4-11(15)12(7-9)16-2/h3-4,7,10H,5-6,8H2,1-2H3. The van der Waals surface area contributed by atoms with Crippen LogP contribution in [-0.4, -0.2) is 11.9 Å². The van der Waals surface area contributed by atoms with Gasteiger partial charge < -0.3 is 4.74 Å². The number of ether oxygens (including phenoxy) is 1. The second-order valence-corrected chi connectivity index (χ2v) is 6.45. The highest BCUT2D eigenvalue weighted by Crippen LogP contribution is 2.44. The van der Waals surface area contributed by atoms with E-state index in [0.717, 1.165) is 5.75 Å². The smallest absolute Gasteiger partial charge is 0.137 e. The molecular weight excluding hydrogens is 287 g/mol. The molecule has 0 heterocycles. The molecule has 1 nitrogen and oxygen atoms in total. The molecule has 0 radical (unpaired) electrons. The number of benzene rings is 1. The Morgan fingerprint density at radius 1 is 1.50 bits per heavy atom. The topological polar surface area (TPSA) is 9.23 Å². The van der Waals surface area contributed by atoms with Crippen LogP contribution in [0.3, 0.4) is 0 Å². The van der Waals surface area contributed by atoms with Crippen LogP contribution in [0.4, 0.5) is 0 Å². The van der Waals surface area contributed by atoms with Crippen LogP contribution in [-0.2, 0) is 5.41 Å². The van der Waals surface area contributed by atoms with Crippen molar-refractivity contribution in [2.45, 2.75) is 36.4 Å². The van der Waals surface area contributed by atoms with Crippen molar-refractivity contribution >= 4 is 27.5 Å². The SMILES string of the molecule is COc1cc(C2(C)CCC(Br)C2)ccc1Cl. The average molecular weight is 304 g/mol. The molecule has 1 aliphatic carbocycles. The van der Waals surface area contributed by atoms with Crippen LogP contribution < -0.4 is 4.74 Å². The van der Waals surface area contributed by atoms with Crippen molar-refractivity contribution in [3.05, 3.63) is 28.8 Å². The third-order valence-electron chi connectivity index (χ3n) is 3.53. The first-order chi connectivity index (χ1) is 7.55. The van der Waals surface area contributed by atoms with Crippen LogP contribution in [0.5, 0.6) is 5.75 Å². The Balaban J connectivity index is 2.33. The van der Waals surface area contributed by atoms with Gasteiger partial charge in [0.25, 0.3) is 0 Å². The predicted molar refractivity (Wildman–Crippen MR) is 71.9 cm³/mol. The van der Waals surface area contributed by atoms with Gasteiger partial charge in [0, 0.05) is 4.83 Å². The maximum absolute atomic E-state index is 6.04. The molecule has 1 fully saturated rings. The first kappa shape index (κ1) is 12.3. The van der Waals surface area contributed by atoms with E-state index in [1.54, 1.807) is 7.11 Å². The van der Waals surface area contributed by atoms with E-state index in [-0.39, 0.29) is 5.41 Å². The molecule has 0 aliphatic heterocycles. The number of alkyl halides is 1. The predicted octanol–water partition coefficient (Wildman–Crippen LogP) is 4.55. The third kappa shape index (κ3) is 2.23. The molecule has 2 unspecified atom stereocenters. The summed E-state index contributed by atoms with van der Waals surface area (Å²) >= 11 is 9.75. The van der Waals surface area contributed by atoms with Crippen molar-refractivity contribution < 1.29 is 4.74 Å². The average Bonchev–Trinajstić information content (AvgIpc) is 2.60. The zero-order chi connectivity index (χ0) is 11.8. The van der Waals surface area contributed by atoms with Gasteiger partial charge in [-0.05, 0) is 42.4 Å². The molecule has 0 amide bonds. The Morgan fingerprint density at radius 3 is 2.81 bits per heavy atom. The van der Waals surface area contributed by atoms with Crippen molar-refractivity contribution in [2.24, 2.45) is 0 Å². The Kier molecular flexibility index (Phi) is 3.50. The minimum Gasteiger partial charge on any atom is -0.495 e. The largest absolute Gasteiger partial charge is 0.495 e. The normalized spacial score (nSPS) is 29.4. The van der Waals surface area contributed by atoms with Gasteiger partial charge in [-0.2, -0.15) is 0 Å². The number of hydrogen-bond donors (Lipinski definition) is 0. The van der Waals surface area contributed by atoms with Gasteiger partial charge in [-0.3, -0.25) is 0 Å². The maximum atomic E-state index is 6.04. The summed E-state index contributed by atoms with van der Waals surface area (Å²) in [5.41, 5.74) is 1.59. The second-order valence-electron chi connectivity index (χ2n) is 4.75. The summed E-state index contributed by atoms with van der Waals surface area (Å²) in [6.07, 6.45) is 3.63. The van der Waals surface area contributed by atoms with Gasteiger partial charge in [0.1, 0.15) is 5.75 Å². The molecule has 2 atom stereocenters. The van der Waals surface area contributed by atoms with Gasteiger partial charge in [0.15, 0.2) is 0 Å². The van der Waals surface area contributed by atoms with Crippen LogP contribution in [0.2, 0.25) is 5.02 Å². The molecule has 0 saturated heterocycles.